The van der Waals surface area contributed by atoms with Crippen LogP contribution in [0.1, 0.15) is 129 Å². The summed E-state index contributed by atoms with van der Waals surface area (Å²) in [5.74, 6) is 0.198. The highest BCUT2D eigenvalue weighted by molar-refractivity contribution is 5.48. The Morgan fingerprint density at radius 3 is 1.77 bits per heavy atom. The van der Waals surface area contributed by atoms with E-state index in [-0.39, 0.29) is 24.6 Å². The molecule has 0 spiro atoms. The van der Waals surface area contributed by atoms with Crippen LogP contribution in [-0.2, 0) is 4.79 Å². The van der Waals surface area contributed by atoms with Crippen molar-refractivity contribution in [2.45, 2.75) is 142 Å². The summed E-state index contributed by atoms with van der Waals surface area (Å²) in [5, 5.41) is 9.63. The number of allylic oxidation sites excluding steroid dienone is 1. The van der Waals surface area contributed by atoms with Gasteiger partial charge in [0, 0.05) is 24.6 Å². The van der Waals surface area contributed by atoms with Crippen molar-refractivity contribution in [2.75, 3.05) is 6.61 Å². The van der Waals surface area contributed by atoms with Crippen molar-refractivity contribution in [3.05, 3.63) is 12.2 Å². The summed E-state index contributed by atoms with van der Waals surface area (Å²) in [4.78, 5) is 13.7. The lowest BCUT2D eigenvalue weighted by atomic mass is 9.87. The van der Waals surface area contributed by atoms with Gasteiger partial charge in [0.2, 0.25) is 6.41 Å². The molecule has 1 N–H and O–H groups in total. The third-order valence-corrected chi connectivity index (χ3v) is 7.00. The van der Waals surface area contributed by atoms with Crippen LogP contribution in [0.15, 0.2) is 12.2 Å². The maximum absolute atomic E-state index is 11.7. The van der Waals surface area contributed by atoms with Crippen molar-refractivity contribution in [1.29, 1.82) is 0 Å². The fourth-order valence-corrected chi connectivity index (χ4v) is 4.89. The maximum atomic E-state index is 11.7. The van der Waals surface area contributed by atoms with Crippen LogP contribution in [-0.4, -0.2) is 35.1 Å². The average molecular weight is 422 g/mol. The van der Waals surface area contributed by atoms with E-state index in [4.69, 9.17) is 0 Å². The zero-order chi connectivity index (χ0) is 21.9. The number of aliphatic hydroxyl groups is 1. The monoisotopic (exact) mass is 421 g/mol. The summed E-state index contributed by atoms with van der Waals surface area (Å²) < 4.78 is 0. The van der Waals surface area contributed by atoms with Gasteiger partial charge in [-0.05, 0) is 26.2 Å². The summed E-state index contributed by atoms with van der Waals surface area (Å²) in [6, 6.07) is 0.443. The number of rotatable bonds is 20. The first kappa shape index (κ1) is 27.2. The molecule has 0 aromatic carbocycles. The van der Waals surface area contributed by atoms with Crippen molar-refractivity contribution in [3.63, 3.8) is 0 Å². The van der Waals surface area contributed by atoms with Gasteiger partial charge in [-0.25, -0.2) is 0 Å². The van der Waals surface area contributed by atoms with Crippen LogP contribution < -0.4 is 0 Å². The van der Waals surface area contributed by atoms with Gasteiger partial charge in [-0.1, -0.05) is 115 Å². The molecule has 176 valence electrons. The first-order valence-electron chi connectivity index (χ1n) is 13.2. The Bertz CT molecular complexity index is 423. The number of nitrogens with zero attached hydrogens (tertiary/aromatic N) is 1. The molecule has 0 radical (unpaired) electrons. The Morgan fingerprint density at radius 1 is 0.833 bits per heavy atom. The summed E-state index contributed by atoms with van der Waals surface area (Å²) in [7, 11) is 0. The zero-order valence-corrected chi connectivity index (χ0v) is 20.2. The number of hydrogen-bond donors (Lipinski definition) is 1. The van der Waals surface area contributed by atoms with Crippen LogP contribution >= 0.6 is 0 Å². The maximum Gasteiger partial charge on any atom is 0.210 e. The molecule has 1 rings (SSSR count). The van der Waals surface area contributed by atoms with Crippen molar-refractivity contribution in [2.24, 2.45) is 5.92 Å². The molecule has 0 saturated heterocycles. The summed E-state index contributed by atoms with van der Waals surface area (Å²) in [6.45, 7) is 4.63. The molecule has 3 heteroatoms. The van der Waals surface area contributed by atoms with Crippen LogP contribution in [0.3, 0.4) is 0 Å². The molecular formula is C27H51NO2. The summed E-state index contributed by atoms with van der Waals surface area (Å²) in [6.07, 6.45) is 28.9. The van der Waals surface area contributed by atoms with Crippen molar-refractivity contribution in [1.82, 2.24) is 4.90 Å². The highest BCUT2D eigenvalue weighted by atomic mass is 16.3. The first-order chi connectivity index (χ1) is 14.7. The van der Waals surface area contributed by atoms with E-state index in [1.54, 1.807) is 0 Å². The summed E-state index contributed by atoms with van der Waals surface area (Å²) >= 11 is 0. The molecule has 0 aromatic rings. The van der Waals surface area contributed by atoms with Gasteiger partial charge in [-0.2, -0.15) is 0 Å². The summed E-state index contributed by atoms with van der Waals surface area (Å²) in [5.41, 5.74) is 0. The van der Waals surface area contributed by atoms with E-state index in [0.717, 1.165) is 25.7 Å². The molecule has 3 atom stereocenters. The SMILES string of the molecule is CCCCCCCCCCCCCCCCCC(C)N(C=O)C1CC=CCC1CO. The van der Waals surface area contributed by atoms with E-state index in [2.05, 4.69) is 26.0 Å². The second-order valence-corrected chi connectivity index (χ2v) is 9.59. The lowest BCUT2D eigenvalue weighted by Crippen LogP contribution is -2.46. The Hall–Kier alpha value is -0.830. The Kier molecular flexibility index (Phi) is 17.1. The molecule has 30 heavy (non-hydrogen) atoms. The van der Waals surface area contributed by atoms with E-state index >= 15 is 0 Å². The van der Waals surface area contributed by atoms with Gasteiger partial charge in [0.05, 0.1) is 0 Å². The molecule has 1 aliphatic carbocycles. The Morgan fingerprint density at radius 2 is 1.30 bits per heavy atom. The highest BCUT2D eigenvalue weighted by Crippen LogP contribution is 2.26. The molecule has 0 saturated carbocycles. The molecule has 1 aliphatic rings. The van der Waals surface area contributed by atoms with Gasteiger partial charge in [-0.15, -0.1) is 0 Å². The van der Waals surface area contributed by atoms with Crippen LogP contribution in [0.2, 0.25) is 0 Å². The number of aliphatic hydroxyl groups excluding tert-OH is 1. The van der Waals surface area contributed by atoms with E-state index < -0.39 is 0 Å². The predicted octanol–water partition coefficient (Wildman–Crippen LogP) is 7.42. The van der Waals surface area contributed by atoms with Crippen LogP contribution in [0.4, 0.5) is 0 Å². The molecule has 1 amide bonds. The minimum absolute atomic E-state index is 0.170. The third-order valence-electron chi connectivity index (χ3n) is 7.00. The van der Waals surface area contributed by atoms with Crippen LogP contribution in [0, 0.1) is 5.92 Å². The largest absolute Gasteiger partial charge is 0.396 e. The van der Waals surface area contributed by atoms with Gasteiger partial charge < -0.3 is 10.0 Å². The van der Waals surface area contributed by atoms with E-state index in [1.807, 2.05) is 4.90 Å². The van der Waals surface area contributed by atoms with Gasteiger partial charge in [0.15, 0.2) is 0 Å². The second kappa shape index (κ2) is 18.9. The fraction of sp³-hybridized carbons (Fsp3) is 0.889. The number of hydrogen-bond acceptors (Lipinski definition) is 2. The van der Waals surface area contributed by atoms with Gasteiger partial charge in [0.25, 0.3) is 0 Å². The molecule has 3 unspecified atom stereocenters. The van der Waals surface area contributed by atoms with Gasteiger partial charge in [0.1, 0.15) is 0 Å². The predicted molar refractivity (Wildman–Crippen MR) is 130 cm³/mol. The van der Waals surface area contributed by atoms with E-state index in [9.17, 15) is 9.90 Å². The second-order valence-electron chi connectivity index (χ2n) is 9.59. The zero-order valence-electron chi connectivity index (χ0n) is 20.2. The molecule has 0 heterocycles. The number of carbonyl (C=O) groups excluding carboxylic acids is 1. The number of unbranched alkanes of at least 4 members (excludes halogenated alkanes) is 14. The van der Waals surface area contributed by atoms with Crippen molar-refractivity contribution < 1.29 is 9.90 Å². The van der Waals surface area contributed by atoms with Crippen LogP contribution in [0.5, 0.6) is 0 Å². The van der Waals surface area contributed by atoms with E-state index in [1.165, 1.54) is 96.3 Å². The topological polar surface area (TPSA) is 40.5 Å². The average Bonchev–Trinajstić information content (AvgIpc) is 2.77. The fourth-order valence-electron chi connectivity index (χ4n) is 4.89. The first-order valence-corrected chi connectivity index (χ1v) is 13.2. The molecule has 0 aliphatic heterocycles. The molecule has 3 nitrogen and oxygen atoms in total. The minimum Gasteiger partial charge on any atom is -0.396 e. The molecule has 0 aromatic heterocycles. The highest BCUT2D eigenvalue weighted by Gasteiger charge is 2.29. The smallest absolute Gasteiger partial charge is 0.210 e. The van der Waals surface area contributed by atoms with Gasteiger partial charge in [-0.3, -0.25) is 4.79 Å². The lowest BCUT2D eigenvalue weighted by Gasteiger charge is -2.38. The minimum atomic E-state index is 0.170. The standard InChI is InChI=1S/C27H51NO2/c1-3-4-5-6-7-8-9-10-11-12-13-14-15-16-17-20-25(2)28(24-30)27-22-19-18-21-26(27)23-29/h18-19,24-27,29H,3-17,20-23H2,1-2H3. The lowest BCUT2D eigenvalue weighted by molar-refractivity contribution is -0.124. The van der Waals surface area contributed by atoms with Crippen molar-refractivity contribution >= 4 is 6.41 Å². The number of carbonyl (C=O) groups is 1. The molecular weight excluding hydrogens is 370 g/mol. The quantitative estimate of drug-likeness (QED) is 0.126. The molecule has 0 fully saturated rings. The normalized spacial score (nSPS) is 19.7. The molecule has 0 bridgehead atoms. The van der Waals surface area contributed by atoms with Gasteiger partial charge >= 0.3 is 0 Å². The van der Waals surface area contributed by atoms with Crippen LogP contribution in [0.25, 0.3) is 0 Å². The van der Waals surface area contributed by atoms with E-state index in [0.29, 0.717) is 0 Å². The Balaban J connectivity index is 1.96. The third kappa shape index (κ3) is 12.1. The Labute approximate surface area is 187 Å². The number of amides is 1. The van der Waals surface area contributed by atoms with Crippen molar-refractivity contribution in [3.8, 4) is 0 Å².